The van der Waals surface area contributed by atoms with Gasteiger partial charge < -0.3 is 24.7 Å². The summed E-state index contributed by atoms with van der Waals surface area (Å²) < 4.78 is 24.4. The number of carbonyl (C=O) groups is 1. The Hall–Kier alpha value is -2.91. The second-order valence-corrected chi connectivity index (χ2v) is 7.81. The van der Waals surface area contributed by atoms with E-state index in [1.807, 2.05) is 24.3 Å². The second kappa shape index (κ2) is 12.2. The van der Waals surface area contributed by atoms with Crippen LogP contribution in [0.15, 0.2) is 52.1 Å². The van der Waals surface area contributed by atoms with Gasteiger partial charge in [0.2, 0.25) is 5.91 Å². The van der Waals surface area contributed by atoms with Gasteiger partial charge in [0.15, 0.2) is 5.96 Å². The maximum absolute atomic E-state index is 13.5. The summed E-state index contributed by atoms with van der Waals surface area (Å²) in [5.74, 6) is 1.08. The van der Waals surface area contributed by atoms with Crippen molar-refractivity contribution in [1.29, 1.82) is 0 Å². The minimum Gasteiger partial charge on any atom is -0.469 e. The Morgan fingerprint density at radius 3 is 2.59 bits per heavy atom. The smallest absolute Gasteiger partial charge is 0.243 e. The van der Waals surface area contributed by atoms with Gasteiger partial charge in [-0.1, -0.05) is 12.1 Å². The highest BCUT2D eigenvalue weighted by Crippen LogP contribution is 2.21. The SMILES string of the molecule is CN(C)C(=O)CN=C(NCCc1ccco1)NCC(c1ccc(F)cc1)N1CCOCC1. The number of guanidine groups is 1. The number of hydrogen-bond donors (Lipinski definition) is 2. The summed E-state index contributed by atoms with van der Waals surface area (Å²) in [6.45, 7) is 4.11. The van der Waals surface area contributed by atoms with E-state index in [1.54, 1.807) is 20.4 Å². The molecule has 0 aliphatic carbocycles. The van der Waals surface area contributed by atoms with Crippen molar-refractivity contribution in [1.82, 2.24) is 20.4 Å². The van der Waals surface area contributed by atoms with Crippen molar-refractivity contribution < 1.29 is 18.3 Å². The molecule has 174 valence electrons. The molecule has 0 radical (unpaired) electrons. The molecule has 0 saturated carbocycles. The first-order chi connectivity index (χ1) is 15.5. The van der Waals surface area contributed by atoms with E-state index in [-0.39, 0.29) is 24.3 Å². The van der Waals surface area contributed by atoms with Crippen molar-refractivity contribution in [3.63, 3.8) is 0 Å². The van der Waals surface area contributed by atoms with Crippen LogP contribution in [0.3, 0.4) is 0 Å². The molecule has 3 rings (SSSR count). The highest BCUT2D eigenvalue weighted by atomic mass is 19.1. The Kier molecular flexibility index (Phi) is 9.06. The number of benzene rings is 1. The molecule has 2 heterocycles. The fourth-order valence-corrected chi connectivity index (χ4v) is 3.45. The summed E-state index contributed by atoms with van der Waals surface area (Å²) in [6, 6.07) is 10.4. The molecular formula is C23H32FN5O3. The number of furan rings is 1. The summed E-state index contributed by atoms with van der Waals surface area (Å²) in [7, 11) is 3.41. The Morgan fingerprint density at radius 1 is 1.19 bits per heavy atom. The molecule has 1 saturated heterocycles. The van der Waals surface area contributed by atoms with Crippen molar-refractivity contribution in [2.24, 2.45) is 4.99 Å². The molecule has 9 heteroatoms. The number of nitrogens with zero attached hydrogens (tertiary/aromatic N) is 3. The van der Waals surface area contributed by atoms with Crippen LogP contribution in [0.2, 0.25) is 0 Å². The summed E-state index contributed by atoms with van der Waals surface area (Å²) in [5.41, 5.74) is 1.01. The summed E-state index contributed by atoms with van der Waals surface area (Å²) in [6.07, 6.45) is 2.34. The zero-order valence-corrected chi connectivity index (χ0v) is 18.7. The average Bonchev–Trinajstić information content (AvgIpc) is 3.32. The van der Waals surface area contributed by atoms with Crippen molar-refractivity contribution in [2.45, 2.75) is 12.5 Å². The Labute approximate surface area is 188 Å². The van der Waals surface area contributed by atoms with Crippen molar-refractivity contribution >= 4 is 11.9 Å². The predicted octanol–water partition coefficient (Wildman–Crippen LogP) is 1.66. The zero-order chi connectivity index (χ0) is 22.8. The van der Waals surface area contributed by atoms with Gasteiger partial charge in [-0.2, -0.15) is 0 Å². The molecule has 1 atom stereocenters. The number of ether oxygens (including phenoxy) is 1. The number of hydrogen-bond acceptors (Lipinski definition) is 5. The number of carbonyl (C=O) groups excluding carboxylic acids is 1. The highest BCUT2D eigenvalue weighted by Gasteiger charge is 2.23. The molecule has 1 aromatic heterocycles. The lowest BCUT2D eigenvalue weighted by molar-refractivity contribution is -0.127. The van der Waals surface area contributed by atoms with Crippen LogP contribution in [0, 0.1) is 5.82 Å². The number of nitrogens with one attached hydrogen (secondary N) is 2. The van der Waals surface area contributed by atoms with Crippen molar-refractivity contribution in [3.05, 3.63) is 59.8 Å². The van der Waals surface area contributed by atoms with E-state index in [9.17, 15) is 9.18 Å². The Bertz CT molecular complexity index is 849. The molecule has 1 unspecified atom stereocenters. The van der Waals surface area contributed by atoms with Gasteiger partial charge in [0.25, 0.3) is 0 Å². The third-order valence-electron chi connectivity index (χ3n) is 5.32. The monoisotopic (exact) mass is 445 g/mol. The van der Waals surface area contributed by atoms with Gasteiger partial charge in [0.1, 0.15) is 18.1 Å². The van der Waals surface area contributed by atoms with Gasteiger partial charge in [-0.05, 0) is 29.8 Å². The quantitative estimate of drug-likeness (QED) is 0.451. The lowest BCUT2D eigenvalue weighted by Crippen LogP contribution is -2.47. The van der Waals surface area contributed by atoms with Gasteiger partial charge in [-0.15, -0.1) is 0 Å². The molecule has 1 aliphatic heterocycles. The maximum Gasteiger partial charge on any atom is 0.243 e. The Morgan fingerprint density at radius 2 is 1.94 bits per heavy atom. The largest absolute Gasteiger partial charge is 0.469 e. The number of amides is 1. The topological polar surface area (TPSA) is 82.3 Å². The molecule has 1 aromatic carbocycles. The van der Waals surface area contributed by atoms with Crippen molar-refractivity contribution in [3.8, 4) is 0 Å². The number of rotatable bonds is 9. The first-order valence-corrected chi connectivity index (χ1v) is 10.8. The van der Waals surface area contributed by atoms with E-state index >= 15 is 0 Å². The van der Waals surface area contributed by atoms with E-state index in [0.717, 1.165) is 24.4 Å². The van der Waals surface area contributed by atoms with Crippen LogP contribution in [0.4, 0.5) is 4.39 Å². The molecule has 2 aromatic rings. The molecule has 1 fully saturated rings. The van der Waals surface area contributed by atoms with Crippen LogP contribution in [0.5, 0.6) is 0 Å². The van der Waals surface area contributed by atoms with E-state index in [4.69, 9.17) is 9.15 Å². The lowest BCUT2D eigenvalue weighted by Gasteiger charge is -2.35. The third kappa shape index (κ3) is 7.35. The van der Waals surface area contributed by atoms with Crippen LogP contribution < -0.4 is 10.6 Å². The maximum atomic E-state index is 13.5. The van der Waals surface area contributed by atoms with Crippen LogP contribution >= 0.6 is 0 Å². The molecule has 32 heavy (non-hydrogen) atoms. The number of likely N-dealkylation sites (N-methyl/N-ethyl adjacent to an activating group) is 1. The third-order valence-corrected chi connectivity index (χ3v) is 5.32. The first kappa shape index (κ1) is 23.7. The second-order valence-electron chi connectivity index (χ2n) is 7.81. The van der Waals surface area contributed by atoms with Crippen molar-refractivity contribution in [2.75, 3.05) is 60.0 Å². The van der Waals surface area contributed by atoms with Crippen LogP contribution in [-0.2, 0) is 16.0 Å². The average molecular weight is 446 g/mol. The Balaban J connectivity index is 1.68. The summed E-state index contributed by atoms with van der Waals surface area (Å²) >= 11 is 0. The molecule has 0 spiro atoms. The fourth-order valence-electron chi connectivity index (χ4n) is 3.45. The van der Waals surface area contributed by atoms with Gasteiger partial charge >= 0.3 is 0 Å². The normalized spacial score (nSPS) is 15.9. The lowest BCUT2D eigenvalue weighted by atomic mass is 10.0. The number of halogens is 1. The molecule has 0 bridgehead atoms. The van der Waals surface area contributed by atoms with E-state index < -0.39 is 0 Å². The van der Waals surface area contributed by atoms with Crippen LogP contribution in [0.25, 0.3) is 0 Å². The standard InChI is InChI=1S/C23H32FN5O3/c1-28(2)22(30)17-27-23(25-10-9-20-4-3-13-32-20)26-16-21(29-11-14-31-15-12-29)18-5-7-19(24)8-6-18/h3-8,13,21H,9-12,14-17H2,1-2H3,(H2,25,26,27). The molecule has 1 amide bonds. The molecule has 8 nitrogen and oxygen atoms in total. The van der Waals surface area contributed by atoms with Gasteiger partial charge in [0, 0.05) is 46.7 Å². The minimum absolute atomic E-state index is 0.0149. The van der Waals surface area contributed by atoms with Gasteiger partial charge in [-0.3, -0.25) is 9.69 Å². The number of aliphatic imine (C=N–C) groups is 1. The number of morpholine rings is 1. The zero-order valence-electron chi connectivity index (χ0n) is 18.7. The van der Waals surface area contributed by atoms with Gasteiger partial charge in [0.05, 0.1) is 25.5 Å². The summed E-state index contributed by atoms with van der Waals surface area (Å²) in [4.78, 5) is 20.3. The molecule has 2 N–H and O–H groups in total. The van der Waals surface area contributed by atoms with Crippen LogP contribution in [0.1, 0.15) is 17.4 Å². The summed E-state index contributed by atoms with van der Waals surface area (Å²) in [5, 5.41) is 6.64. The fraction of sp³-hybridized carbons (Fsp3) is 0.478. The predicted molar refractivity (Wildman–Crippen MR) is 121 cm³/mol. The molecule has 1 aliphatic rings. The van der Waals surface area contributed by atoms with Gasteiger partial charge in [-0.25, -0.2) is 9.38 Å². The minimum atomic E-state index is -0.258. The molecular weight excluding hydrogens is 413 g/mol. The van der Waals surface area contributed by atoms with E-state index in [2.05, 4.69) is 20.5 Å². The van der Waals surface area contributed by atoms with Crippen LogP contribution in [-0.4, -0.2) is 81.7 Å². The van der Waals surface area contributed by atoms with E-state index in [1.165, 1.54) is 17.0 Å². The van der Waals surface area contributed by atoms with E-state index in [0.29, 0.717) is 38.7 Å². The first-order valence-electron chi connectivity index (χ1n) is 10.8. The highest BCUT2D eigenvalue weighted by molar-refractivity contribution is 5.84.